The van der Waals surface area contributed by atoms with E-state index in [-0.39, 0.29) is 17.2 Å². The largest absolute Gasteiger partial charge is 0.341 e. The van der Waals surface area contributed by atoms with Crippen LogP contribution in [0.2, 0.25) is 0 Å². The minimum absolute atomic E-state index is 0.126. The summed E-state index contributed by atoms with van der Waals surface area (Å²) in [6.45, 7) is 6.29. The number of nitrogens with zero attached hydrogens (tertiary/aromatic N) is 5. The molecular formula is C29H31N5O2. The Morgan fingerprint density at radius 3 is 2.47 bits per heavy atom. The van der Waals surface area contributed by atoms with E-state index in [0.717, 1.165) is 77.8 Å². The molecule has 2 amide bonds. The van der Waals surface area contributed by atoms with Crippen molar-refractivity contribution in [2.45, 2.75) is 45.1 Å². The molecule has 2 saturated carbocycles. The normalized spacial score (nSPS) is 21.8. The molecular weight excluding hydrogens is 450 g/mol. The molecule has 1 spiro atoms. The van der Waals surface area contributed by atoms with E-state index in [0.29, 0.717) is 12.5 Å². The molecule has 0 unspecified atom stereocenters. The summed E-state index contributed by atoms with van der Waals surface area (Å²) in [5.41, 5.74) is 4.85. The van der Waals surface area contributed by atoms with Crippen molar-refractivity contribution in [3.8, 4) is 11.1 Å². The number of aromatic nitrogens is 2. The number of amides is 2. The average molecular weight is 482 g/mol. The zero-order valence-corrected chi connectivity index (χ0v) is 21.1. The Kier molecular flexibility index (Phi) is 4.40. The lowest BCUT2D eigenvalue weighted by Gasteiger charge is -2.42. The molecule has 1 aromatic heterocycles. The molecule has 3 heterocycles. The summed E-state index contributed by atoms with van der Waals surface area (Å²) >= 11 is 0. The van der Waals surface area contributed by atoms with E-state index in [1.807, 2.05) is 27.7 Å². The van der Waals surface area contributed by atoms with E-state index in [4.69, 9.17) is 4.99 Å². The van der Waals surface area contributed by atoms with Crippen LogP contribution in [0.15, 0.2) is 47.6 Å². The van der Waals surface area contributed by atoms with Crippen LogP contribution in [0.3, 0.4) is 0 Å². The van der Waals surface area contributed by atoms with Gasteiger partial charge in [-0.2, -0.15) is 5.10 Å². The van der Waals surface area contributed by atoms with Gasteiger partial charge in [0.25, 0.3) is 5.91 Å². The first-order valence-electron chi connectivity index (χ1n) is 13.0. The Morgan fingerprint density at radius 2 is 1.78 bits per heavy atom. The lowest BCUT2D eigenvalue weighted by atomic mass is 9.95. The quantitative estimate of drug-likeness (QED) is 0.555. The third kappa shape index (κ3) is 3.25. The minimum Gasteiger partial charge on any atom is -0.341 e. The summed E-state index contributed by atoms with van der Waals surface area (Å²) in [5, 5.41) is 5.48. The van der Waals surface area contributed by atoms with E-state index in [1.54, 1.807) is 0 Å². The predicted octanol–water partition coefficient (Wildman–Crippen LogP) is 3.93. The monoisotopic (exact) mass is 481 g/mol. The molecule has 1 saturated heterocycles. The Bertz CT molecular complexity index is 1470. The molecule has 3 aromatic rings. The van der Waals surface area contributed by atoms with Gasteiger partial charge >= 0.3 is 0 Å². The number of fused-ring (bicyclic) bond motifs is 1. The third-order valence-corrected chi connectivity index (χ3v) is 8.69. The van der Waals surface area contributed by atoms with Gasteiger partial charge in [-0.1, -0.05) is 37.3 Å². The Labute approximate surface area is 210 Å². The maximum absolute atomic E-state index is 13.4. The van der Waals surface area contributed by atoms with E-state index >= 15 is 0 Å². The molecule has 2 aromatic carbocycles. The van der Waals surface area contributed by atoms with Crippen molar-refractivity contribution in [3.63, 3.8) is 0 Å². The molecule has 7 nitrogen and oxygen atoms in total. The van der Waals surface area contributed by atoms with Gasteiger partial charge < -0.3 is 4.90 Å². The molecule has 184 valence electrons. The van der Waals surface area contributed by atoms with Gasteiger partial charge in [0, 0.05) is 49.0 Å². The standard InChI is InChI=1S/C29H31N5O2/c1-18-12-20(21-4-5-22-14-30-32(3)24(22)13-21)6-7-23(18)25-31-29(10-11-29)27(36)34(25)17-19-15-33(16-19)26(35)28(2)8-9-28/h4-7,12-14,19H,8-11,15-17H2,1-3H3. The summed E-state index contributed by atoms with van der Waals surface area (Å²) in [6.07, 6.45) is 5.56. The van der Waals surface area contributed by atoms with E-state index in [9.17, 15) is 9.59 Å². The van der Waals surface area contributed by atoms with Gasteiger partial charge in [-0.3, -0.25) is 24.2 Å². The van der Waals surface area contributed by atoms with Crippen LogP contribution in [0.4, 0.5) is 0 Å². The van der Waals surface area contributed by atoms with Crippen molar-refractivity contribution in [1.29, 1.82) is 0 Å². The van der Waals surface area contributed by atoms with Crippen LogP contribution in [0.1, 0.15) is 43.7 Å². The highest BCUT2D eigenvalue weighted by molar-refractivity contribution is 6.17. The number of likely N-dealkylation sites (tertiary alicyclic amines) is 1. The zero-order chi connectivity index (χ0) is 24.8. The average Bonchev–Trinajstić information content (AvgIpc) is 3.74. The minimum atomic E-state index is -0.536. The van der Waals surface area contributed by atoms with Crippen LogP contribution in [-0.2, 0) is 16.6 Å². The van der Waals surface area contributed by atoms with Crippen LogP contribution >= 0.6 is 0 Å². The first kappa shape index (κ1) is 21.8. The Hall–Kier alpha value is -3.48. The summed E-state index contributed by atoms with van der Waals surface area (Å²) in [7, 11) is 1.96. The third-order valence-electron chi connectivity index (χ3n) is 8.69. The topological polar surface area (TPSA) is 70.8 Å². The maximum Gasteiger partial charge on any atom is 0.256 e. The van der Waals surface area contributed by atoms with Gasteiger partial charge in [-0.05, 0) is 55.4 Å². The number of hydrogen-bond acceptors (Lipinski definition) is 4. The fraction of sp³-hybridized carbons (Fsp3) is 0.448. The SMILES string of the molecule is Cc1cc(-c2ccc3cnn(C)c3c2)ccc1C1=NC2(CC2)C(=O)N1CC1CN(C(=O)C2(C)CC2)C1. The molecule has 0 radical (unpaired) electrons. The van der Waals surface area contributed by atoms with Crippen molar-refractivity contribution < 1.29 is 9.59 Å². The zero-order valence-electron chi connectivity index (χ0n) is 21.1. The van der Waals surface area contributed by atoms with E-state index < -0.39 is 5.54 Å². The van der Waals surface area contributed by atoms with Gasteiger partial charge in [0.1, 0.15) is 11.4 Å². The number of carbonyl (C=O) groups is 2. The van der Waals surface area contributed by atoms with Crippen molar-refractivity contribution in [2.24, 2.45) is 23.4 Å². The number of benzene rings is 2. The highest BCUT2D eigenvalue weighted by Crippen LogP contribution is 2.48. The van der Waals surface area contributed by atoms with Gasteiger partial charge in [-0.15, -0.1) is 0 Å². The molecule has 0 atom stereocenters. The first-order valence-corrected chi connectivity index (χ1v) is 13.0. The number of hydrogen-bond donors (Lipinski definition) is 0. The molecule has 0 bridgehead atoms. The summed E-state index contributed by atoms with van der Waals surface area (Å²) in [5.74, 6) is 1.54. The van der Waals surface area contributed by atoms with Crippen molar-refractivity contribution in [1.82, 2.24) is 19.6 Å². The summed E-state index contributed by atoms with van der Waals surface area (Å²) in [6, 6.07) is 12.8. The molecule has 7 rings (SSSR count). The second-order valence-electron chi connectivity index (χ2n) is 11.6. The molecule has 3 fully saturated rings. The Balaban J connectivity index is 1.14. The van der Waals surface area contributed by atoms with Gasteiger partial charge in [0.2, 0.25) is 5.91 Å². The number of rotatable bonds is 5. The van der Waals surface area contributed by atoms with Crippen LogP contribution < -0.4 is 0 Å². The van der Waals surface area contributed by atoms with Crippen LogP contribution in [0.5, 0.6) is 0 Å². The molecule has 36 heavy (non-hydrogen) atoms. The van der Waals surface area contributed by atoms with E-state index in [2.05, 4.69) is 55.3 Å². The van der Waals surface area contributed by atoms with Gasteiger partial charge in [0.05, 0.1) is 11.7 Å². The van der Waals surface area contributed by atoms with Gasteiger partial charge in [0.15, 0.2) is 0 Å². The lowest BCUT2D eigenvalue weighted by molar-refractivity contribution is -0.143. The second kappa shape index (κ2) is 7.28. The number of aryl methyl sites for hydroxylation is 2. The Morgan fingerprint density at radius 1 is 1.06 bits per heavy atom. The fourth-order valence-electron chi connectivity index (χ4n) is 5.79. The molecule has 4 aliphatic rings. The number of aliphatic imine (C=N–C) groups is 1. The van der Waals surface area contributed by atoms with Crippen molar-refractivity contribution in [2.75, 3.05) is 19.6 Å². The maximum atomic E-state index is 13.4. The van der Waals surface area contributed by atoms with Crippen LogP contribution in [0, 0.1) is 18.3 Å². The van der Waals surface area contributed by atoms with Crippen LogP contribution in [0.25, 0.3) is 22.0 Å². The van der Waals surface area contributed by atoms with Crippen LogP contribution in [-0.4, -0.2) is 62.4 Å². The first-order chi connectivity index (χ1) is 17.3. The number of amidine groups is 1. The van der Waals surface area contributed by atoms with Crippen molar-refractivity contribution in [3.05, 3.63) is 53.7 Å². The van der Waals surface area contributed by atoms with Gasteiger partial charge in [-0.25, -0.2) is 0 Å². The fourth-order valence-corrected chi connectivity index (χ4v) is 5.79. The lowest BCUT2D eigenvalue weighted by Crippen LogP contribution is -2.56. The molecule has 0 N–H and O–H groups in total. The molecule has 2 aliphatic carbocycles. The predicted molar refractivity (Wildman–Crippen MR) is 139 cm³/mol. The highest BCUT2D eigenvalue weighted by Gasteiger charge is 2.58. The second-order valence-corrected chi connectivity index (χ2v) is 11.6. The highest BCUT2D eigenvalue weighted by atomic mass is 16.2. The molecule has 2 aliphatic heterocycles. The van der Waals surface area contributed by atoms with E-state index in [1.165, 1.54) is 0 Å². The summed E-state index contributed by atoms with van der Waals surface area (Å²) < 4.78 is 1.89. The summed E-state index contributed by atoms with van der Waals surface area (Å²) in [4.78, 5) is 34.9. The molecule has 7 heteroatoms. The number of carbonyl (C=O) groups excluding carboxylic acids is 2. The smallest absolute Gasteiger partial charge is 0.256 e. The van der Waals surface area contributed by atoms with Crippen molar-refractivity contribution >= 4 is 28.6 Å².